The monoisotopic (exact) mass is 411 g/mol. The van der Waals surface area contributed by atoms with Gasteiger partial charge in [-0.2, -0.15) is 4.98 Å². The zero-order valence-electron chi connectivity index (χ0n) is 15.1. The molecule has 0 aliphatic rings. The van der Waals surface area contributed by atoms with Crippen molar-refractivity contribution in [2.45, 2.75) is 32.9 Å². The number of hydrogen-bond donors (Lipinski definition) is 2. The van der Waals surface area contributed by atoms with Crippen LogP contribution in [0.2, 0.25) is 0 Å². The molecule has 0 spiro atoms. The average Bonchev–Trinajstić information content (AvgIpc) is 2.60. The number of anilines is 2. The van der Waals surface area contributed by atoms with Crippen LogP contribution in [-0.4, -0.2) is 20.5 Å². The fourth-order valence-electron chi connectivity index (χ4n) is 2.40. The van der Waals surface area contributed by atoms with Gasteiger partial charge in [-0.1, -0.05) is 40.2 Å². The number of benzene rings is 1. The first-order chi connectivity index (χ1) is 12.4. The molecule has 0 unspecified atom stereocenters. The molecule has 0 saturated heterocycles. The predicted molar refractivity (Wildman–Crippen MR) is 110 cm³/mol. The van der Waals surface area contributed by atoms with E-state index in [0.717, 1.165) is 27.2 Å². The zero-order valence-corrected chi connectivity index (χ0v) is 16.7. The lowest BCUT2D eigenvalue weighted by atomic mass is 10.1. The lowest BCUT2D eigenvalue weighted by molar-refractivity contribution is 0.626. The van der Waals surface area contributed by atoms with Crippen LogP contribution in [0, 0.1) is 0 Å². The molecule has 0 aliphatic heterocycles. The summed E-state index contributed by atoms with van der Waals surface area (Å²) in [5.41, 5.74) is 2.62. The van der Waals surface area contributed by atoms with E-state index < -0.39 is 0 Å². The van der Waals surface area contributed by atoms with Gasteiger partial charge in [-0.05, 0) is 44.5 Å². The summed E-state index contributed by atoms with van der Waals surface area (Å²) in [5.74, 6) is 1.33. The molecule has 3 rings (SSSR count). The van der Waals surface area contributed by atoms with E-state index in [0.29, 0.717) is 12.5 Å². The predicted octanol–water partition coefficient (Wildman–Crippen LogP) is 5.12. The molecule has 2 N–H and O–H groups in total. The standard InChI is InChI=1S/C20H22BrN5/c1-20(2,3)26-19-24-17(16-10-6-7-11-22-16)12-18(25-19)23-13-14-8-4-5-9-15(14)21/h4-12H,13H2,1-3H3,(H2,23,24,25,26). The van der Waals surface area contributed by atoms with E-state index in [4.69, 9.17) is 0 Å². The first kappa shape index (κ1) is 18.3. The van der Waals surface area contributed by atoms with Gasteiger partial charge in [0.05, 0.1) is 11.4 Å². The molecule has 2 aromatic heterocycles. The molecular weight excluding hydrogens is 390 g/mol. The molecule has 0 aliphatic carbocycles. The topological polar surface area (TPSA) is 62.7 Å². The summed E-state index contributed by atoms with van der Waals surface area (Å²) >= 11 is 3.58. The number of aromatic nitrogens is 3. The van der Waals surface area contributed by atoms with Crippen molar-refractivity contribution in [2.75, 3.05) is 10.6 Å². The van der Waals surface area contributed by atoms with E-state index in [2.05, 4.69) is 68.4 Å². The normalized spacial score (nSPS) is 11.2. The summed E-state index contributed by atoms with van der Waals surface area (Å²) < 4.78 is 1.07. The molecule has 5 nitrogen and oxygen atoms in total. The minimum Gasteiger partial charge on any atom is -0.366 e. The maximum atomic E-state index is 4.63. The molecule has 2 heterocycles. The molecule has 1 aromatic carbocycles. The highest BCUT2D eigenvalue weighted by atomic mass is 79.9. The van der Waals surface area contributed by atoms with Gasteiger partial charge in [0.15, 0.2) is 0 Å². The SMILES string of the molecule is CC(C)(C)Nc1nc(NCc2ccccc2Br)cc(-c2ccccn2)n1. The third kappa shape index (κ3) is 5.02. The van der Waals surface area contributed by atoms with Gasteiger partial charge in [0.1, 0.15) is 5.82 Å². The molecule has 0 amide bonds. The lowest BCUT2D eigenvalue weighted by Crippen LogP contribution is -2.27. The second-order valence-corrected chi connectivity index (χ2v) is 7.85. The Balaban J connectivity index is 1.90. The van der Waals surface area contributed by atoms with Crippen molar-refractivity contribution < 1.29 is 0 Å². The van der Waals surface area contributed by atoms with E-state index in [-0.39, 0.29) is 5.54 Å². The Kier molecular flexibility index (Phi) is 5.52. The van der Waals surface area contributed by atoms with Crippen LogP contribution in [0.1, 0.15) is 26.3 Å². The number of halogens is 1. The number of hydrogen-bond acceptors (Lipinski definition) is 5. The Morgan fingerprint density at radius 2 is 1.73 bits per heavy atom. The smallest absolute Gasteiger partial charge is 0.225 e. The van der Waals surface area contributed by atoms with E-state index in [1.54, 1.807) is 6.20 Å². The highest BCUT2D eigenvalue weighted by Gasteiger charge is 2.14. The lowest BCUT2D eigenvalue weighted by Gasteiger charge is -2.21. The Morgan fingerprint density at radius 1 is 0.962 bits per heavy atom. The fraction of sp³-hybridized carbons (Fsp3) is 0.250. The van der Waals surface area contributed by atoms with Gasteiger partial charge < -0.3 is 10.6 Å². The molecule has 0 saturated carbocycles. The molecule has 3 aromatic rings. The summed E-state index contributed by atoms with van der Waals surface area (Å²) in [6.07, 6.45) is 1.77. The Hall–Kier alpha value is -2.47. The molecule has 134 valence electrons. The van der Waals surface area contributed by atoms with Gasteiger partial charge in [-0.25, -0.2) is 4.98 Å². The van der Waals surface area contributed by atoms with Gasteiger partial charge in [-0.3, -0.25) is 4.98 Å². The number of nitrogens with one attached hydrogen (secondary N) is 2. The van der Waals surface area contributed by atoms with Crippen molar-refractivity contribution in [3.8, 4) is 11.4 Å². The van der Waals surface area contributed by atoms with Crippen LogP contribution in [0.15, 0.2) is 59.2 Å². The zero-order chi connectivity index (χ0) is 18.6. The summed E-state index contributed by atoms with van der Waals surface area (Å²) in [4.78, 5) is 13.6. The van der Waals surface area contributed by atoms with Gasteiger partial charge in [-0.15, -0.1) is 0 Å². The van der Waals surface area contributed by atoms with Gasteiger partial charge in [0.25, 0.3) is 0 Å². The van der Waals surface area contributed by atoms with Gasteiger partial charge in [0, 0.05) is 28.8 Å². The van der Waals surface area contributed by atoms with Crippen LogP contribution >= 0.6 is 15.9 Å². The van der Waals surface area contributed by atoms with E-state index >= 15 is 0 Å². The molecule has 0 atom stereocenters. The van der Waals surface area contributed by atoms with Crippen molar-refractivity contribution >= 4 is 27.7 Å². The van der Waals surface area contributed by atoms with Crippen molar-refractivity contribution in [1.29, 1.82) is 0 Å². The molecule has 6 heteroatoms. The minimum absolute atomic E-state index is 0.136. The summed E-state index contributed by atoms with van der Waals surface area (Å²) in [7, 11) is 0. The van der Waals surface area contributed by atoms with Crippen LogP contribution in [0.4, 0.5) is 11.8 Å². The third-order valence-corrected chi connectivity index (χ3v) is 4.33. The highest BCUT2D eigenvalue weighted by molar-refractivity contribution is 9.10. The highest BCUT2D eigenvalue weighted by Crippen LogP contribution is 2.23. The van der Waals surface area contributed by atoms with Crippen LogP contribution < -0.4 is 10.6 Å². The summed E-state index contributed by atoms with van der Waals surface area (Å²) in [5, 5.41) is 6.73. The van der Waals surface area contributed by atoms with Crippen molar-refractivity contribution in [1.82, 2.24) is 15.0 Å². The van der Waals surface area contributed by atoms with E-state index in [1.807, 2.05) is 42.5 Å². The van der Waals surface area contributed by atoms with Crippen molar-refractivity contribution in [2.24, 2.45) is 0 Å². The number of rotatable bonds is 5. The fourth-order valence-corrected chi connectivity index (χ4v) is 2.83. The molecule has 26 heavy (non-hydrogen) atoms. The number of nitrogens with zero attached hydrogens (tertiary/aromatic N) is 3. The van der Waals surface area contributed by atoms with Gasteiger partial charge in [0.2, 0.25) is 5.95 Å². The summed E-state index contributed by atoms with van der Waals surface area (Å²) in [6.45, 7) is 6.91. The van der Waals surface area contributed by atoms with Gasteiger partial charge >= 0.3 is 0 Å². The quantitative estimate of drug-likeness (QED) is 0.609. The van der Waals surface area contributed by atoms with E-state index in [1.165, 1.54) is 0 Å². The third-order valence-electron chi connectivity index (χ3n) is 3.56. The molecular formula is C20H22BrN5. The Labute approximate surface area is 162 Å². The maximum absolute atomic E-state index is 4.63. The van der Waals surface area contributed by atoms with E-state index in [9.17, 15) is 0 Å². The maximum Gasteiger partial charge on any atom is 0.225 e. The van der Waals surface area contributed by atoms with Crippen LogP contribution in [0.25, 0.3) is 11.4 Å². The second kappa shape index (κ2) is 7.83. The van der Waals surface area contributed by atoms with Crippen LogP contribution in [0.3, 0.4) is 0 Å². The molecule has 0 fully saturated rings. The van der Waals surface area contributed by atoms with Crippen molar-refractivity contribution in [3.63, 3.8) is 0 Å². The second-order valence-electron chi connectivity index (χ2n) is 7.00. The average molecular weight is 412 g/mol. The number of pyridine rings is 1. The molecule has 0 radical (unpaired) electrons. The Morgan fingerprint density at radius 3 is 2.42 bits per heavy atom. The largest absolute Gasteiger partial charge is 0.366 e. The first-order valence-corrected chi connectivity index (χ1v) is 9.26. The summed E-state index contributed by atoms with van der Waals surface area (Å²) in [6, 6.07) is 15.8. The van der Waals surface area contributed by atoms with Crippen LogP contribution in [-0.2, 0) is 6.54 Å². The first-order valence-electron chi connectivity index (χ1n) is 8.47. The van der Waals surface area contributed by atoms with Crippen molar-refractivity contribution in [3.05, 3.63) is 64.8 Å². The molecule has 0 bridgehead atoms. The minimum atomic E-state index is -0.136. The Bertz CT molecular complexity index is 875. The van der Waals surface area contributed by atoms with Crippen LogP contribution in [0.5, 0.6) is 0 Å².